The number of nitrogens with two attached hydrogens (primary N) is 2. The van der Waals surface area contributed by atoms with Crippen LogP contribution >= 0.6 is 0 Å². The predicted octanol–water partition coefficient (Wildman–Crippen LogP) is 1.48. The lowest BCUT2D eigenvalue weighted by Crippen LogP contribution is -1.92. The highest BCUT2D eigenvalue weighted by Gasteiger charge is 1.85. The van der Waals surface area contributed by atoms with E-state index in [9.17, 15) is 0 Å². The van der Waals surface area contributed by atoms with Gasteiger partial charge in [0.15, 0.2) is 0 Å². The fourth-order valence-corrected chi connectivity index (χ4v) is 0.857. The summed E-state index contributed by atoms with van der Waals surface area (Å²) in [6.45, 7) is 0.986. The normalized spacial score (nSPS) is 9.29. The SMILES string of the molecule is NCc1ccco1.NCc1ccco1. The highest BCUT2D eigenvalue weighted by Crippen LogP contribution is 1.96. The molecule has 4 heteroatoms. The first-order valence-electron chi connectivity index (χ1n) is 4.31. The van der Waals surface area contributed by atoms with Gasteiger partial charge in [-0.15, -0.1) is 0 Å². The summed E-state index contributed by atoms with van der Waals surface area (Å²) in [6, 6.07) is 7.34. The monoisotopic (exact) mass is 194 g/mol. The zero-order chi connectivity index (χ0) is 10.2. The summed E-state index contributed by atoms with van der Waals surface area (Å²) in [5.74, 6) is 1.67. The topological polar surface area (TPSA) is 78.3 Å². The van der Waals surface area contributed by atoms with E-state index < -0.39 is 0 Å². The Balaban J connectivity index is 0.000000140. The molecule has 2 heterocycles. The zero-order valence-electron chi connectivity index (χ0n) is 7.85. The van der Waals surface area contributed by atoms with Crippen LogP contribution in [0.4, 0.5) is 0 Å². The van der Waals surface area contributed by atoms with E-state index in [1.165, 1.54) is 0 Å². The second kappa shape index (κ2) is 6.01. The number of furan rings is 2. The summed E-state index contributed by atoms with van der Waals surface area (Å²) in [5, 5.41) is 0. The van der Waals surface area contributed by atoms with Crippen molar-refractivity contribution in [3.63, 3.8) is 0 Å². The van der Waals surface area contributed by atoms with Crippen LogP contribution in [0.25, 0.3) is 0 Å². The van der Waals surface area contributed by atoms with Gasteiger partial charge in [-0.1, -0.05) is 0 Å². The van der Waals surface area contributed by atoms with Crippen LogP contribution in [0.5, 0.6) is 0 Å². The van der Waals surface area contributed by atoms with E-state index in [-0.39, 0.29) is 0 Å². The largest absolute Gasteiger partial charge is 0.468 e. The third-order valence-corrected chi connectivity index (χ3v) is 1.56. The lowest BCUT2D eigenvalue weighted by molar-refractivity contribution is 0.512. The maximum absolute atomic E-state index is 5.20. The van der Waals surface area contributed by atoms with Crippen LogP contribution in [0.2, 0.25) is 0 Å². The Morgan fingerprint density at radius 2 is 1.29 bits per heavy atom. The maximum atomic E-state index is 5.20. The summed E-state index contributed by atoms with van der Waals surface area (Å²) in [6.07, 6.45) is 3.23. The molecule has 0 bridgehead atoms. The molecule has 0 saturated carbocycles. The average molecular weight is 194 g/mol. The lowest BCUT2D eigenvalue weighted by Gasteiger charge is -1.80. The van der Waals surface area contributed by atoms with Gasteiger partial charge in [0, 0.05) is 0 Å². The molecule has 0 aliphatic heterocycles. The summed E-state index contributed by atoms with van der Waals surface area (Å²) in [7, 11) is 0. The van der Waals surface area contributed by atoms with Gasteiger partial charge in [0.05, 0.1) is 25.6 Å². The van der Waals surface area contributed by atoms with Gasteiger partial charge < -0.3 is 20.3 Å². The minimum Gasteiger partial charge on any atom is -0.468 e. The second-order valence-electron chi connectivity index (χ2n) is 2.57. The molecular weight excluding hydrogens is 180 g/mol. The van der Waals surface area contributed by atoms with Crippen LogP contribution < -0.4 is 11.5 Å². The molecule has 4 nitrogen and oxygen atoms in total. The van der Waals surface area contributed by atoms with E-state index in [0.29, 0.717) is 13.1 Å². The van der Waals surface area contributed by atoms with Crippen molar-refractivity contribution >= 4 is 0 Å². The van der Waals surface area contributed by atoms with Gasteiger partial charge in [0.25, 0.3) is 0 Å². The minimum atomic E-state index is 0.493. The number of rotatable bonds is 2. The van der Waals surface area contributed by atoms with Crippen LogP contribution in [0.1, 0.15) is 11.5 Å². The summed E-state index contributed by atoms with van der Waals surface area (Å²) < 4.78 is 9.72. The second-order valence-corrected chi connectivity index (χ2v) is 2.57. The van der Waals surface area contributed by atoms with Crippen LogP contribution in [0.3, 0.4) is 0 Å². The van der Waals surface area contributed by atoms with Crippen LogP contribution in [-0.2, 0) is 13.1 Å². The first-order valence-corrected chi connectivity index (χ1v) is 4.31. The van der Waals surface area contributed by atoms with Crippen LogP contribution in [0.15, 0.2) is 45.6 Å². The average Bonchev–Trinajstić information content (AvgIpc) is 2.92. The Morgan fingerprint density at radius 3 is 1.43 bits per heavy atom. The van der Waals surface area contributed by atoms with Crippen molar-refractivity contribution in [3.05, 3.63) is 48.3 Å². The maximum Gasteiger partial charge on any atom is 0.117 e. The highest BCUT2D eigenvalue weighted by atomic mass is 16.3. The summed E-state index contributed by atoms with van der Waals surface area (Å²) in [4.78, 5) is 0. The first-order chi connectivity index (χ1) is 6.86. The fourth-order valence-electron chi connectivity index (χ4n) is 0.857. The Bertz CT molecular complexity index is 280. The van der Waals surface area contributed by atoms with Crippen molar-refractivity contribution in [2.24, 2.45) is 11.5 Å². The standard InChI is InChI=1S/2C5H7NO/c2*6-4-5-2-1-3-7-5/h2*1-3H,4,6H2. The van der Waals surface area contributed by atoms with E-state index in [1.54, 1.807) is 12.5 Å². The predicted molar refractivity (Wildman–Crippen MR) is 53.2 cm³/mol. The van der Waals surface area contributed by atoms with Crippen molar-refractivity contribution < 1.29 is 8.83 Å². The van der Waals surface area contributed by atoms with Crippen molar-refractivity contribution in [2.45, 2.75) is 13.1 Å². The molecule has 2 aromatic rings. The molecule has 2 aromatic heterocycles. The summed E-state index contributed by atoms with van der Waals surface area (Å²) in [5.41, 5.74) is 10.4. The third-order valence-electron chi connectivity index (χ3n) is 1.56. The molecule has 0 aliphatic rings. The molecule has 0 unspecified atom stereocenters. The molecule has 0 radical (unpaired) electrons. The highest BCUT2D eigenvalue weighted by molar-refractivity contribution is 4.96. The molecule has 0 atom stereocenters. The van der Waals surface area contributed by atoms with Crippen LogP contribution in [0, 0.1) is 0 Å². The van der Waals surface area contributed by atoms with Crippen molar-refractivity contribution in [1.29, 1.82) is 0 Å². The van der Waals surface area contributed by atoms with Gasteiger partial charge >= 0.3 is 0 Å². The zero-order valence-corrected chi connectivity index (χ0v) is 7.85. The number of hydrogen-bond acceptors (Lipinski definition) is 4. The third kappa shape index (κ3) is 3.47. The van der Waals surface area contributed by atoms with Crippen LogP contribution in [-0.4, -0.2) is 0 Å². The van der Waals surface area contributed by atoms with E-state index >= 15 is 0 Å². The molecule has 76 valence electrons. The van der Waals surface area contributed by atoms with Gasteiger partial charge in [-0.05, 0) is 24.3 Å². The van der Waals surface area contributed by atoms with E-state index in [1.807, 2.05) is 24.3 Å². The van der Waals surface area contributed by atoms with Crippen molar-refractivity contribution in [2.75, 3.05) is 0 Å². The molecule has 0 aromatic carbocycles. The molecule has 0 spiro atoms. The lowest BCUT2D eigenvalue weighted by atomic mass is 10.5. The van der Waals surface area contributed by atoms with E-state index in [0.717, 1.165) is 11.5 Å². The van der Waals surface area contributed by atoms with Gasteiger partial charge in [0.1, 0.15) is 11.5 Å². The smallest absolute Gasteiger partial charge is 0.117 e. The summed E-state index contributed by atoms with van der Waals surface area (Å²) >= 11 is 0. The number of hydrogen-bond donors (Lipinski definition) is 2. The van der Waals surface area contributed by atoms with Crippen molar-refractivity contribution in [1.82, 2.24) is 0 Å². The first kappa shape index (κ1) is 10.6. The molecule has 2 rings (SSSR count). The molecule has 4 N–H and O–H groups in total. The van der Waals surface area contributed by atoms with Gasteiger partial charge in [0.2, 0.25) is 0 Å². The Hall–Kier alpha value is -1.52. The Morgan fingerprint density at radius 1 is 0.857 bits per heavy atom. The Labute approximate surface area is 82.5 Å². The van der Waals surface area contributed by atoms with E-state index in [2.05, 4.69) is 0 Å². The molecule has 0 amide bonds. The van der Waals surface area contributed by atoms with Gasteiger partial charge in [-0.25, -0.2) is 0 Å². The van der Waals surface area contributed by atoms with Gasteiger partial charge in [-0.3, -0.25) is 0 Å². The molecule has 14 heavy (non-hydrogen) atoms. The quantitative estimate of drug-likeness (QED) is 0.758. The molecular formula is C10H14N2O2. The minimum absolute atomic E-state index is 0.493. The van der Waals surface area contributed by atoms with Gasteiger partial charge in [-0.2, -0.15) is 0 Å². The fraction of sp³-hybridized carbons (Fsp3) is 0.200. The van der Waals surface area contributed by atoms with Crippen molar-refractivity contribution in [3.8, 4) is 0 Å². The molecule has 0 aliphatic carbocycles. The molecule has 0 saturated heterocycles. The molecule has 0 fully saturated rings. The Kier molecular flexibility index (Phi) is 4.54. The van der Waals surface area contributed by atoms with E-state index in [4.69, 9.17) is 20.3 Å².